The van der Waals surface area contributed by atoms with E-state index in [1.54, 1.807) is 29.3 Å². The van der Waals surface area contributed by atoms with Gasteiger partial charge in [0, 0.05) is 19.3 Å². The second kappa shape index (κ2) is 5.33. The Morgan fingerprint density at radius 2 is 2.05 bits per heavy atom. The number of hydrogen-bond donors (Lipinski definition) is 0. The standard InChI is InChI=1S/C14H18N4O3/c1-10-7-16(8-11(2)21-10)13(19)9-18-14(20)17-6-4-3-5-12(17)15-18/h3-6,10-11H,7-9H2,1-2H3. The number of rotatable bonds is 2. The quantitative estimate of drug-likeness (QED) is 0.788. The zero-order valence-corrected chi connectivity index (χ0v) is 12.1. The maximum atomic E-state index is 12.3. The molecule has 0 radical (unpaired) electrons. The van der Waals surface area contributed by atoms with Gasteiger partial charge in [0.1, 0.15) is 6.54 Å². The van der Waals surface area contributed by atoms with Gasteiger partial charge in [-0.15, -0.1) is 5.10 Å². The average molecular weight is 290 g/mol. The van der Waals surface area contributed by atoms with Crippen LogP contribution in [-0.2, 0) is 16.1 Å². The predicted molar refractivity (Wildman–Crippen MR) is 76.0 cm³/mol. The number of pyridine rings is 1. The fourth-order valence-corrected chi connectivity index (χ4v) is 2.68. The Bertz CT molecular complexity index is 710. The van der Waals surface area contributed by atoms with Crippen LogP contribution in [-0.4, -0.2) is 50.3 Å². The highest BCUT2D eigenvalue weighted by Gasteiger charge is 2.26. The zero-order valence-electron chi connectivity index (χ0n) is 12.1. The van der Waals surface area contributed by atoms with Crippen molar-refractivity contribution in [1.82, 2.24) is 19.1 Å². The molecular formula is C14H18N4O3. The molecule has 21 heavy (non-hydrogen) atoms. The molecule has 0 bridgehead atoms. The highest BCUT2D eigenvalue weighted by molar-refractivity contribution is 5.76. The van der Waals surface area contributed by atoms with Crippen LogP contribution in [0.3, 0.4) is 0 Å². The van der Waals surface area contributed by atoms with Gasteiger partial charge in [-0.05, 0) is 26.0 Å². The molecular weight excluding hydrogens is 272 g/mol. The molecule has 1 aliphatic rings. The van der Waals surface area contributed by atoms with E-state index in [-0.39, 0.29) is 30.3 Å². The summed E-state index contributed by atoms with van der Waals surface area (Å²) >= 11 is 0. The minimum absolute atomic E-state index is 0.00971. The van der Waals surface area contributed by atoms with Gasteiger partial charge in [0.25, 0.3) is 0 Å². The van der Waals surface area contributed by atoms with Crippen molar-refractivity contribution in [1.29, 1.82) is 0 Å². The first-order chi connectivity index (χ1) is 10.0. The van der Waals surface area contributed by atoms with E-state index in [1.165, 1.54) is 9.08 Å². The molecule has 1 fully saturated rings. The van der Waals surface area contributed by atoms with Crippen molar-refractivity contribution in [2.45, 2.75) is 32.6 Å². The van der Waals surface area contributed by atoms with Crippen molar-refractivity contribution in [2.75, 3.05) is 13.1 Å². The topological polar surface area (TPSA) is 68.8 Å². The lowest BCUT2D eigenvalue weighted by Gasteiger charge is -2.35. The summed E-state index contributed by atoms with van der Waals surface area (Å²) in [4.78, 5) is 26.2. The van der Waals surface area contributed by atoms with Crippen molar-refractivity contribution in [3.8, 4) is 0 Å². The summed E-state index contributed by atoms with van der Waals surface area (Å²) in [5, 5.41) is 4.17. The molecule has 112 valence electrons. The molecule has 0 N–H and O–H groups in total. The number of morpholine rings is 1. The number of hydrogen-bond acceptors (Lipinski definition) is 4. The van der Waals surface area contributed by atoms with Gasteiger partial charge in [0.2, 0.25) is 5.91 Å². The van der Waals surface area contributed by atoms with E-state index in [0.717, 1.165) is 0 Å². The average Bonchev–Trinajstić information content (AvgIpc) is 2.75. The molecule has 2 atom stereocenters. The molecule has 2 unspecified atom stereocenters. The lowest BCUT2D eigenvalue weighted by Crippen LogP contribution is -2.49. The minimum Gasteiger partial charge on any atom is -0.372 e. The van der Waals surface area contributed by atoms with E-state index in [4.69, 9.17) is 4.74 Å². The summed E-state index contributed by atoms with van der Waals surface area (Å²) < 4.78 is 8.25. The monoisotopic (exact) mass is 290 g/mol. The van der Waals surface area contributed by atoms with Gasteiger partial charge >= 0.3 is 5.69 Å². The molecule has 0 aromatic carbocycles. The second-order valence-electron chi connectivity index (χ2n) is 5.43. The molecule has 0 spiro atoms. The molecule has 2 aromatic rings. The first-order valence-electron chi connectivity index (χ1n) is 7.02. The molecule has 0 aliphatic carbocycles. The van der Waals surface area contributed by atoms with Gasteiger partial charge in [0.05, 0.1) is 12.2 Å². The van der Waals surface area contributed by atoms with Crippen LogP contribution in [0.15, 0.2) is 29.2 Å². The van der Waals surface area contributed by atoms with Crippen LogP contribution in [0.2, 0.25) is 0 Å². The lowest BCUT2D eigenvalue weighted by atomic mass is 10.2. The van der Waals surface area contributed by atoms with E-state index < -0.39 is 0 Å². The van der Waals surface area contributed by atoms with E-state index in [0.29, 0.717) is 18.7 Å². The molecule has 7 heteroatoms. The first-order valence-corrected chi connectivity index (χ1v) is 7.02. The number of amides is 1. The summed E-state index contributed by atoms with van der Waals surface area (Å²) in [7, 11) is 0. The molecule has 1 saturated heterocycles. The number of nitrogens with zero attached hydrogens (tertiary/aromatic N) is 4. The Hall–Kier alpha value is -2.15. The second-order valence-corrected chi connectivity index (χ2v) is 5.43. The molecule has 0 saturated carbocycles. The fraction of sp³-hybridized carbons (Fsp3) is 0.500. The third-order valence-electron chi connectivity index (χ3n) is 3.55. The van der Waals surface area contributed by atoms with Crippen molar-refractivity contribution < 1.29 is 9.53 Å². The Kier molecular flexibility index (Phi) is 3.50. The highest BCUT2D eigenvalue weighted by atomic mass is 16.5. The zero-order chi connectivity index (χ0) is 15.0. The molecule has 3 rings (SSSR count). The highest BCUT2D eigenvalue weighted by Crippen LogP contribution is 2.11. The summed E-state index contributed by atoms with van der Waals surface area (Å²) in [6.45, 7) is 4.93. The number of aromatic nitrogens is 3. The largest absolute Gasteiger partial charge is 0.372 e. The van der Waals surface area contributed by atoms with Crippen molar-refractivity contribution in [3.05, 3.63) is 34.9 Å². The summed E-state index contributed by atoms with van der Waals surface area (Å²) in [6.07, 6.45) is 1.66. The van der Waals surface area contributed by atoms with Gasteiger partial charge in [-0.25, -0.2) is 9.48 Å². The maximum absolute atomic E-state index is 12.3. The van der Waals surface area contributed by atoms with Crippen LogP contribution in [0.1, 0.15) is 13.8 Å². The molecule has 1 amide bonds. The number of carbonyl (C=O) groups is 1. The van der Waals surface area contributed by atoms with E-state index in [2.05, 4.69) is 5.10 Å². The molecule has 2 aromatic heterocycles. The maximum Gasteiger partial charge on any atom is 0.350 e. The Morgan fingerprint density at radius 3 is 2.71 bits per heavy atom. The Labute approximate surface area is 121 Å². The predicted octanol–water partition coefficient (Wildman–Crippen LogP) is 0.132. The summed E-state index contributed by atoms with van der Waals surface area (Å²) in [6, 6.07) is 5.30. The number of ether oxygens (including phenoxy) is 1. The van der Waals surface area contributed by atoms with Gasteiger partial charge in [-0.2, -0.15) is 0 Å². The Balaban J connectivity index is 1.80. The minimum atomic E-state index is -0.298. The summed E-state index contributed by atoms with van der Waals surface area (Å²) in [5.41, 5.74) is 0.243. The van der Waals surface area contributed by atoms with Gasteiger partial charge in [0.15, 0.2) is 5.65 Å². The normalized spacial score (nSPS) is 22.7. The third kappa shape index (κ3) is 2.69. The fourth-order valence-electron chi connectivity index (χ4n) is 2.68. The lowest BCUT2D eigenvalue weighted by molar-refractivity contribution is -0.144. The van der Waals surface area contributed by atoms with Gasteiger partial charge in [-0.3, -0.25) is 9.20 Å². The van der Waals surface area contributed by atoms with E-state index in [1.807, 2.05) is 13.8 Å². The molecule has 7 nitrogen and oxygen atoms in total. The van der Waals surface area contributed by atoms with Crippen molar-refractivity contribution in [2.24, 2.45) is 0 Å². The van der Waals surface area contributed by atoms with Crippen LogP contribution in [0.25, 0.3) is 5.65 Å². The molecule has 3 heterocycles. The SMILES string of the molecule is CC1CN(C(=O)Cn2nc3ccccn3c2=O)CC(C)O1. The Morgan fingerprint density at radius 1 is 1.33 bits per heavy atom. The van der Waals surface area contributed by atoms with Crippen LogP contribution in [0.5, 0.6) is 0 Å². The third-order valence-corrected chi connectivity index (χ3v) is 3.55. The van der Waals surface area contributed by atoms with Crippen molar-refractivity contribution in [3.63, 3.8) is 0 Å². The van der Waals surface area contributed by atoms with Crippen LogP contribution in [0.4, 0.5) is 0 Å². The first kappa shape index (κ1) is 13.8. The van der Waals surface area contributed by atoms with Gasteiger partial charge < -0.3 is 9.64 Å². The number of fused-ring (bicyclic) bond motifs is 1. The smallest absolute Gasteiger partial charge is 0.350 e. The van der Waals surface area contributed by atoms with E-state index in [9.17, 15) is 9.59 Å². The molecule has 1 aliphatic heterocycles. The van der Waals surface area contributed by atoms with Crippen LogP contribution in [0, 0.1) is 0 Å². The number of carbonyl (C=O) groups excluding carboxylic acids is 1. The van der Waals surface area contributed by atoms with E-state index >= 15 is 0 Å². The van der Waals surface area contributed by atoms with Crippen LogP contribution >= 0.6 is 0 Å². The van der Waals surface area contributed by atoms with Crippen LogP contribution < -0.4 is 5.69 Å². The van der Waals surface area contributed by atoms with Gasteiger partial charge in [-0.1, -0.05) is 6.07 Å². The summed E-state index contributed by atoms with van der Waals surface area (Å²) in [5.74, 6) is -0.109. The van der Waals surface area contributed by atoms with Crippen molar-refractivity contribution >= 4 is 11.6 Å².